The van der Waals surface area contributed by atoms with Crippen LogP contribution in [0.1, 0.15) is 34.1 Å². The van der Waals surface area contributed by atoms with Gasteiger partial charge < -0.3 is 5.32 Å². The quantitative estimate of drug-likeness (QED) is 0.623. The Labute approximate surface area is 172 Å². The first-order valence-corrected chi connectivity index (χ1v) is 10.3. The lowest BCUT2D eigenvalue weighted by Gasteiger charge is -2.28. The van der Waals surface area contributed by atoms with Crippen molar-refractivity contribution in [2.45, 2.75) is 40.2 Å². The highest BCUT2D eigenvalue weighted by atomic mass is 35.5. The Morgan fingerprint density at radius 3 is 2.46 bits per heavy atom. The number of halogens is 2. The van der Waals surface area contributed by atoms with E-state index in [0.29, 0.717) is 22.1 Å². The van der Waals surface area contributed by atoms with Crippen LogP contribution in [0, 0.1) is 17.2 Å². The lowest BCUT2D eigenvalue weighted by molar-refractivity contribution is -0.132. The molecule has 0 bridgehead atoms. The molecule has 9 heteroatoms. The molecule has 2 amide bonds. The first-order chi connectivity index (χ1) is 13.2. The summed E-state index contributed by atoms with van der Waals surface area (Å²) in [7, 11) is 0. The summed E-state index contributed by atoms with van der Waals surface area (Å²) in [6.45, 7) is 7.28. The van der Waals surface area contributed by atoms with Crippen LogP contribution < -0.4 is 10.6 Å². The maximum atomic E-state index is 13.1. The number of alkyl halides is 1. The Morgan fingerprint density at radius 2 is 1.89 bits per heavy atom. The maximum absolute atomic E-state index is 13.1. The fraction of sp³-hybridized carbons (Fsp3) is 0.474. The zero-order chi connectivity index (χ0) is 20.9. The third-order valence-corrected chi connectivity index (χ3v) is 6.03. The molecule has 2 unspecified atom stereocenters. The standard InChI is InChI=1S/C19H24ClFN4O2S/c1-5-11(2)14(22-17(27)19(3,4)10-20)15(26)23-18-25-24-16(28-18)12-6-8-13(21)9-7-12/h6-9,11,14H,5,10H2,1-4H3,(H,22,27)(H,23,25,26). The summed E-state index contributed by atoms with van der Waals surface area (Å²) in [5, 5.41) is 14.4. The molecule has 0 aliphatic heterocycles. The van der Waals surface area contributed by atoms with Crippen molar-refractivity contribution in [3.8, 4) is 10.6 Å². The summed E-state index contributed by atoms with van der Waals surface area (Å²) in [5.74, 6) is -0.930. The van der Waals surface area contributed by atoms with Gasteiger partial charge in [0.1, 0.15) is 16.9 Å². The Bertz CT molecular complexity index is 826. The number of anilines is 1. The molecule has 0 aliphatic carbocycles. The molecule has 0 radical (unpaired) electrons. The highest BCUT2D eigenvalue weighted by Gasteiger charge is 2.33. The molecule has 28 heavy (non-hydrogen) atoms. The highest BCUT2D eigenvalue weighted by molar-refractivity contribution is 7.18. The lowest BCUT2D eigenvalue weighted by Crippen LogP contribution is -2.51. The smallest absolute Gasteiger partial charge is 0.249 e. The van der Waals surface area contributed by atoms with Crippen molar-refractivity contribution in [3.63, 3.8) is 0 Å². The maximum Gasteiger partial charge on any atom is 0.249 e. The molecule has 2 N–H and O–H groups in total. The van der Waals surface area contributed by atoms with Gasteiger partial charge in [0.2, 0.25) is 16.9 Å². The number of hydrogen-bond donors (Lipinski definition) is 2. The van der Waals surface area contributed by atoms with E-state index >= 15 is 0 Å². The van der Waals surface area contributed by atoms with E-state index in [2.05, 4.69) is 20.8 Å². The number of carbonyl (C=O) groups is 2. The molecule has 6 nitrogen and oxygen atoms in total. The van der Waals surface area contributed by atoms with Gasteiger partial charge in [-0.1, -0.05) is 31.6 Å². The van der Waals surface area contributed by atoms with Crippen molar-refractivity contribution in [3.05, 3.63) is 30.1 Å². The van der Waals surface area contributed by atoms with Crippen molar-refractivity contribution in [1.82, 2.24) is 15.5 Å². The molecule has 2 atom stereocenters. The molecule has 0 saturated heterocycles. The second-order valence-electron chi connectivity index (χ2n) is 7.26. The summed E-state index contributed by atoms with van der Waals surface area (Å²) in [6, 6.07) is 5.14. The second-order valence-corrected chi connectivity index (χ2v) is 8.51. The number of carbonyl (C=O) groups excluding carboxylic acids is 2. The van der Waals surface area contributed by atoms with Gasteiger partial charge in [0.15, 0.2) is 0 Å². The second kappa shape index (κ2) is 9.43. The van der Waals surface area contributed by atoms with Crippen LogP contribution in [-0.2, 0) is 9.59 Å². The molecule has 0 spiro atoms. The molecule has 2 aromatic rings. The molecular formula is C19H24ClFN4O2S. The zero-order valence-electron chi connectivity index (χ0n) is 16.3. The number of nitrogens with one attached hydrogen (secondary N) is 2. The van der Waals surface area contributed by atoms with Crippen LogP contribution in [-0.4, -0.2) is 33.9 Å². The zero-order valence-corrected chi connectivity index (χ0v) is 17.8. The molecular weight excluding hydrogens is 403 g/mol. The Hall–Kier alpha value is -2.06. The predicted molar refractivity (Wildman–Crippen MR) is 110 cm³/mol. The third-order valence-electron chi connectivity index (χ3n) is 4.48. The van der Waals surface area contributed by atoms with Gasteiger partial charge in [0.25, 0.3) is 0 Å². The minimum absolute atomic E-state index is 0.0837. The predicted octanol–water partition coefficient (Wildman–Crippen LogP) is 4.08. The average molecular weight is 427 g/mol. The van der Waals surface area contributed by atoms with E-state index in [9.17, 15) is 14.0 Å². The van der Waals surface area contributed by atoms with Crippen LogP contribution in [0.5, 0.6) is 0 Å². The van der Waals surface area contributed by atoms with Crippen molar-refractivity contribution >= 4 is 39.9 Å². The molecule has 0 saturated carbocycles. The molecule has 152 valence electrons. The van der Waals surface area contributed by atoms with Gasteiger partial charge in [0.05, 0.1) is 5.41 Å². The molecule has 1 aromatic carbocycles. The molecule has 1 heterocycles. The molecule has 2 rings (SSSR count). The number of nitrogens with zero attached hydrogens (tertiary/aromatic N) is 2. The van der Waals surface area contributed by atoms with Gasteiger partial charge in [-0.25, -0.2) is 4.39 Å². The van der Waals surface area contributed by atoms with E-state index in [1.165, 1.54) is 23.5 Å². The first-order valence-electron chi connectivity index (χ1n) is 8.95. The van der Waals surface area contributed by atoms with E-state index in [0.717, 1.165) is 0 Å². The lowest BCUT2D eigenvalue weighted by atomic mass is 9.92. The van der Waals surface area contributed by atoms with Gasteiger partial charge in [0, 0.05) is 11.4 Å². The van der Waals surface area contributed by atoms with Crippen LogP contribution in [0.3, 0.4) is 0 Å². The van der Waals surface area contributed by atoms with Gasteiger partial charge in [-0.15, -0.1) is 21.8 Å². The average Bonchev–Trinajstić information content (AvgIpc) is 3.13. The van der Waals surface area contributed by atoms with Crippen LogP contribution in [0.2, 0.25) is 0 Å². The van der Waals surface area contributed by atoms with Crippen LogP contribution in [0.15, 0.2) is 24.3 Å². The SMILES string of the molecule is CCC(C)C(NC(=O)C(C)(C)CCl)C(=O)Nc1nnc(-c2ccc(F)cc2)s1. The minimum Gasteiger partial charge on any atom is -0.344 e. The number of hydrogen-bond acceptors (Lipinski definition) is 5. The van der Waals surface area contributed by atoms with Crippen LogP contribution in [0.4, 0.5) is 9.52 Å². The fourth-order valence-corrected chi connectivity index (χ4v) is 3.14. The van der Waals surface area contributed by atoms with Gasteiger partial charge in [-0.3, -0.25) is 14.9 Å². The number of aromatic nitrogens is 2. The topological polar surface area (TPSA) is 84.0 Å². The third kappa shape index (κ3) is 5.48. The van der Waals surface area contributed by atoms with E-state index in [1.54, 1.807) is 26.0 Å². The highest BCUT2D eigenvalue weighted by Crippen LogP contribution is 2.27. The first kappa shape index (κ1) is 22.2. The van der Waals surface area contributed by atoms with Crippen molar-refractivity contribution < 1.29 is 14.0 Å². The van der Waals surface area contributed by atoms with Crippen molar-refractivity contribution in [2.75, 3.05) is 11.2 Å². The van der Waals surface area contributed by atoms with Crippen LogP contribution >= 0.6 is 22.9 Å². The molecule has 0 aliphatic rings. The fourth-order valence-electron chi connectivity index (χ4n) is 2.27. The van der Waals surface area contributed by atoms with E-state index < -0.39 is 11.5 Å². The number of rotatable bonds is 8. The van der Waals surface area contributed by atoms with Gasteiger partial charge in [-0.05, 0) is 44.0 Å². The van der Waals surface area contributed by atoms with Crippen molar-refractivity contribution in [2.24, 2.45) is 11.3 Å². The Kier molecular flexibility index (Phi) is 7.48. The molecule has 0 fully saturated rings. The largest absolute Gasteiger partial charge is 0.344 e. The Morgan fingerprint density at radius 1 is 1.25 bits per heavy atom. The minimum atomic E-state index is -0.786. The molecule has 1 aromatic heterocycles. The number of benzene rings is 1. The van der Waals surface area contributed by atoms with E-state index in [-0.39, 0.29) is 29.4 Å². The summed E-state index contributed by atoms with van der Waals surface area (Å²) in [4.78, 5) is 25.3. The summed E-state index contributed by atoms with van der Waals surface area (Å²) in [5.41, 5.74) is -0.0819. The Balaban J connectivity index is 2.13. The van der Waals surface area contributed by atoms with Gasteiger partial charge in [-0.2, -0.15) is 0 Å². The summed E-state index contributed by atoms with van der Waals surface area (Å²) < 4.78 is 13.1. The number of amides is 2. The summed E-state index contributed by atoms with van der Waals surface area (Å²) >= 11 is 7.04. The van der Waals surface area contributed by atoms with Gasteiger partial charge >= 0.3 is 0 Å². The summed E-state index contributed by atoms with van der Waals surface area (Å²) in [6.07, 6.45) is 0.705. The van der Waals surface area contributed by atoms with Crippen molar-refractivity contribution in [1.29, 1.82) is 0 Å². The normalized spacial score (nSPS) is 13.6. The van der Waals surface area contributed by atoms with E-state index in [1.807, 2.05) is 13.8 Å². The monoisotopic (exact) mass is 426 g/mol. The van der Waals surface area contributed by atoms with E-state index in [4.69, 9.17) is 11.6 Å². The van der Waals surface area contributed by atoms with Crippen LogP contribution in [0.25, 0.3) is 10.6 Å².